The minimum Gasteiger partial charge on any atom is -0.313 e. The lowest BCUT2D eigenvalue weighted by molar-refractivity contribution is 0.262. The van der Waals surface area contributed by atoms with Gasteiger partial charge < -0.3 is 10.6 Å². The van der Waals surface area contributed by atoms with Gasteiger partial charge in [-0.15, -0.1) is 0 Å². The molecule has 5 heteroatoms. The quantitative estimate of drug-likeness (QED) is 0.800. The van der Waals surface area contributed by atoms with Gasteiger partial charge in [-0.05, 0) is 43.8 Å². The van der Waals surface area contributed by atoms with E-state index >= 15 is 0 Å². The van der Waals surface area contributed by atoms with Gasteiger partial charge in [0.2, 0.25) is 0 Å². The monoisotopic (exact) mass is 270 g/mol. The van der Waals surface area contributed by atoms with Gasteiger partial charge >= 0.3 is 6.03 Å². The second kappa shape index (κ2) is 6.68. The van der Waals surface area contributed by atoms with Crippen LogP contribution in [0.3, 0.4) is 0 Å². The van der Waals surface area contributed by atoms with Gasteiger partial charge in [-0.25, -0.2) is 9.78 Å². The Labute approximate surface area is 118 Å². The van der Waals surface area contributed by atoms with E-state index < -0.39 is 0 Å². The fourth-order valence-corrected chi connectivity index (χ4v) is 1.77. The van der Waals surface area contributed by atoms with E-state index in [2.05, 4.69) is 27.9 Å². The average Bonchev–Trinajstić information content (AvgIpc) is 2.47. The Kier molecular flexibility index (Phi) is 4.68. The fraction of sp³-hybridized carbons (Fsp3) is 0.200. The SMILES string of the molecule is CNC(C)c1cccc(NC(=O)Nc2ccccn2)c1. The van der Waals surface area contributed by atoms with Crippen molar-refractivity contribution in [3.05, 3.63) is 54.2 Å². The van der Waals surface area contributed by atoms with Crippen LogP contribution in [0.2, 0.25) is 0 Å². The largest absolute Gasteiger partial charge is 0.324 e. The predicted molar refractivity (Wildman–Crippen MR) is 80.8 cm³/mol. The van der Waals surface area contributed by atoms with Gasteiger partial charge in [-0.3, -0.25) is 5.32 Å². The maximum atomic E-state index is 11.9. The van der Waals surface area contributed by atoms with Crippen LogP contribution in [0.4, 0.5) is 16.3 Å². The Hall–Kier alpha value is -2.40. The summed E-state index contributed by atoms with van der Waals surface area (Å²) in [4.78, 5) is 15.9. The van der Waals surface area contributed by atoms with E-state index in [1.54, 1.807) is 18.3 Å². The van der Waals surface area contributed by atoms with E-state index in [9.17, 15) is 4.79 Å². The van der Waals surface area contributed by atoms with Gasteiger partial charge in [0.1, 0.15) is 5.82 Å². The van der Waals surface area contributed by atoms with Crippen molar-refractivity contribution >= 4 is 17.5 Å². The van der Waals surface area contributed by atoms with Crippen molar-refractivity contribution in [2.24, 2.45) is 0 Å². The molecule has 1 atom stereocenters. The van der Waals surface area contributed by atoms with E-state index in [-0.39, 0.29) is 12.1 Å². The number of carbonyl (C=O) groups is 1. The molecule has 0 saturated carbocycles. The summed E-state index contributed by atoms with van der Waals surface area (Å²) in [6.45, 7) is 2.06. The molecule has 0 aliphatic carbocycles. The molecule has 0 saturated heterocycles. The van der Waals surface area contributed by atoms with Crippen LogP contribution in [0.5, 0.6) is 0 Å². The molecular formula is C15H18N4O. The summed E-state index contributed by atoms with van der Waals surface area (Å²) >= 11 is 0. The highest BCUT2D eigenvalue weighted by Gasteiger charge is 2.06. The molecule has 1 aromatic heterocycles. The molecule has 0 fully saturated rings. The van der Waals surface area contributed by atoms with E-state index in [4.69, 9.17) is 0 Å². The number of anilines is 2. The van der Waals surface area contributed by atoms with Crippen LogP contribution in [-0.4, -0.2) is 18.1 Å². The van der Waals surface area contributed by atoms with Crippen LogP contribution in [0, 0.1) is 0 Å². The Bertz CT molecular complexity index is 571. The standard InChI is InChI=1S/C15H18N4O/c1-11(16-2)12-6-5-7-13(10-12)18-15(20)19-14-8-3-4-9-17-14/h3-11,16H,1-2H3,(H2,17,18,19,20). The minimum atomic E-state index is -0.307. The summed E-state index contributed by atoms with van der Waals surface area (Å²) in [5, 5.41) is 8.63. The molecule has 5 nitrogen and oxygen atoms in total. The molecule has 20 heavy (non-hydrogen) atoms. The highest BCUT2D eigenvalue weighted by molar-refractivity contribution is 5.99. The first-order chi connectivity index (χ1) is 9.69. The molecule has 104 valence electrons. The first-order valence-electron chi connectivity index (χ1n) is 6.45. The second-order valence-corrected chi connectivity index (χ2v) is 4.43. The molecule has 1 aromatic carbocycles. The van der Waals surface area contributed by atoms with E-state index in [0.29, 0.717) is 5.82 Å². The lowest BCUT2D eigenvalue weighted by Crippen LogP contribution is -2.20. The van der Waals surface area contributed by atoms with Crippen LogP contribution in [0.1, 0.15) is 18.5 Å². The molecule has 0 aliphatic rings. The molecule has 0 aliphatic heterocycles. The minimum absolute atomic E-state index is 0.232. The Morgan fingerprint density at radius 3 is 2.70 bits per heavy atom. The van der Waals surface area contributed by atoms with Crippen LogP contribution in [-0.2, 0) is 0 Å². The van der Waals surface area contributed by atoms with Crippen molar-refractivity contribution in [1.82, 2.24) is 10.3 Å². The number of hydrogen-bond acceptors (Lipinski definition) is 3. The first kappa shape index (κ1) is 14.0. The van der Waals surface area contributed by atoms with Crippen molar-refractivity contribution in [2.75, 3.05) is 17.7 Å². The third-order valence-corrected chi connectivity index (χ3v) is 2.98. The van der Waals surface area contributed by atoms with E-state index in [0.717, 1.165) is 11.3 Å². The summed E-state index contributed by atoms with van der Waals surface area (Å²) in [6, 6.07) is 13.0. The first-order valence-corrected chi connectivity index (χ1v) is 6.45. The summed E-state index contributed by atoms with van der Waals surface area (Å²) in [5.74, 6) is 0.518. The number of pyridine rings is 1. The lowest BCUT2D eigenvalue weighted by atomic mass is 10.1. The van der Waals surface area contributed by atoms with Crippen molar-refractivity contribution in [3.63, 3.8) is 0 Å². The Morgan fingerprint density at radius 2 is 2.00 bits per heavy atom. The highest BCUT2D eigenvalue weighted by Crippen LogP contribution is 2.17. The number of nitrogens with zero attached hydrogens (tertiary/aromatic N) is 1. The topological polar surface area (TPSA) is 66.0 Å². The summed E-state index contributed by atoms with van der Waals surface area (Å²) < 4.78 is 0. The maximum Gasteiger partial charge on any atom is 0.324 e. The van der Waals surface area contributed by atoms with Crippen molar-refractivity contribution in [2.45, 2.75) is 13.0 Å². The molecule has 2 aromatic rings. The third-order valence-electron chi connectivity index (χ3n) is 2.98. The molecule has 0 spiro atoms. The number of urea groups is 1. The zero-order chi connectivity index (χ0) is 14.4. The molecule has 1 unspecified atom stereocenters. The van der Waals surface area contributed by atoms with Gasteiger partial charge in [0.25, 0.3) is 0 Å². The number of hydrogen-bond donors (Lipinski definition) is 3. The smallest absolute Gasteiger partial charge is 0.313 e. The van der Waals surface area contributed by atoms with Crippen LogP contribution in [0.15, 0.2) is 48.7 Å². The summed E-state index contributed by atoms with van der Waals surface area (Å²) in [7, 11) is 1.90. The number of carbonyl (C=O) groups excluding carboxylic acids is 1. The zero-order valence-corrected chi connectivity index (χ0v) is 11.6. The van der Waals surface area contributed by atoms with Gasteiger partial charge in [-0.2, -0.15) is 0 Å². The second-order valence-electron chi connectivity index (χ2n) is 4.43. The van der Waals surface area contributed by atoms with Gasteiger partial charge in [0.15, 0.2) is 0 Å². The molecule has 2 amide bonds. The third kappa shape index (κ3) is 3.80. The average molecular weight is 270 g/mol. The number of nitrogens with one attached hydrogen (secondary N) is 3. The molecular weight excluding hydrogens is 252 g/mol. The molecule has 0 radical (unpaired) electrons. The van der Waals surface area contributed by atoms with E-state index in [1.165, 1.54) is 0 Å². The molecule has 2 rings (SSSR count). The number of benzene rings is 1. The lowest BCUT2D eigenvalue weighted by Gasteiger charge is -2.12. The summed E-state index contributed by atoms with van der Waals surface area (Å²) in [5.41, 5.74) is 1.86. The van der Waals surface area contributed by atoms with Crippen LogP contribution >= 0.6 is 0 Å². The molecule has 1 heterocycles. The van der Waals surface area contributed by atoms with Gasteiger partial charge in [-0.1, -0.05) is 18.2 Å². The van der Waals surface area contributed by atoms with Crippen LogP contribution in [0.25, 0.3) is 0 Å². The summed E-state index contributed by atoms with van der Waals surface area (Å²) in [6.07, 6.45) is 1.63. The maximum absolute atomic E-state index is 11.9. The normalized spacial score (nSPS) is 11.7. The van der Waals surface area contributed by atoms with Crippen molar-refractivity contribution in [1.29, 1.82) is 0 Å². The Balaban J connectivity index is 2.01. The molecule has 3 N–H and O–H groups in total. The van der Waals surface area contributed by atoms with Gasteiger partial charge in [0, 0.05) is 17.9 Å². The predicted octanol–water partition coefficient (Wildman–Crippen LogP) is 3.01. The highest BCUT2D eigenvalue weighted by atomic mass is 16.2. The van der Waals surface area contributed by atoms with E-state index in [1.807, 2.05) is 37.4 Å². The number of amides is 2. The zero-order valence-electron chi connectivity index (χ0n) is 11.6. The Morgan fingerprint density at radius 1 is 1.15 bits per heavy atom. The molecule has 0 bridgehead atoms. The van der Waals surface area contributed by atoms with Crippen molar-refractivity contribution in [3.8, 4) is 0 Å². The number of rotatable bonds is 4. The van der Waals surface area contributed by atoms with Gasteiger partial charge in [0.05, 0.1) is 0 Å². The van der Waals surface area contributed by atoms with Crippen LogP contribution < -0.4 is 16.0 Å². The number of aromatic nitrogens is 1. The van der Waals surface area contributed by atoms with Crippen molar-refractivity contribution < 1.29 is 4.79 Å². The fourth-order valence-electron chi connectivity index (χ4n) is 1.77.